The van der Waals surface area contributed by atoms with Crippen LogP contribution in [0.3, 0.4) is 0 Å². The summed E-state index contributed by atoms with van der Waals surface area (Å²) in [6.07, 6.45) is 5.74. The molecule has 0 unspecified atom stereocenters. The molecule has 0 amide bonds. The van der Waals surface area contributed by atoms with E-state index in [0.29, 0.717) is 0 Å². The van der Waals surface area contributed by atoms with E-state index in [2.05, 4.69) is 33.6 Å². The van der Waals surface area contributed by atoms with Crippen molar-refractivity contribution in [3.05, 3.63) is 39.3 Å². The summed E-state index contributed by atoms with van der Waals surface area (Å²) in [5.74, 6) is 0.875. The van der Waals surface area contributed by atoms with E-state index in [9.17, 15) is 0 Å². The smallest absolute Gasteiger partial charge is 0.225 e. The molecular formula is C16H20N4S. The predicted molar refractivity (Wildman–Crippen MR) is 85.7 cm³/mol. The third kappa shape index (κ3) is 2.80. The van der Waals surface area contributed by atoms with Gasteiger partial charge in [-0.05, 0) is 43.2 Å². The van der Waals surface area contributed by atoms with Crippen LogP contribution in [0.4, 0.5) is 5.95 Å². The molecule has 5 heteroatoms. The van der Waals surface area contributed by atoms with Crippen LogP contribution in [0.1, 0.15) is 34.5 Å². The van der Waals surface area contributed by atoms with Crippen molar-refractivity contribution in [2.75, 3.05) is 11.4 Å². The first kappa shape index (κ1) is 13.2. The lowest BCUT2D eigenvalue weighted by Crippen LogP contribution is -2.31. The number of fused-ring (bicyclic) bond motifs is 1. The van der Waals surface area contributed by atoms with E-state index >= 15 is 0 Å². The molecule has 4 rings (SSSR count). The monoisotopic (exact) mass is 300 g/mol. The number of nitrogens with one attached hydrogen (secondary N) is 1. The molecule has 0 bridgehead atoms. The third-order valence-electron chi connectivity index (χ3n) is 4.32. The molecular weight excluding hydrogens is 280 g/mol. The Morgan fingerprint density at radius 1 is 1.43 bits per heavy atom. The number of thiophene rings is 1. The van der Waals surface area contributed by atoms with Crippen molar-refractivity contribution in [1.29, 1.82) is 0 Å². The molecule has 1 saturated carbocycles. The molecule has 1 aliphatic heterocycles. The number of nitrogens with zero attached hydrogens (tertiary/aromatic N) is 3. The van der Waals surface area contributed by atoms with Gasteiger partial charge in [-0.15, -0.1) is 11.3 Å². The maximum atomic E-state index is 4.73. The maximum Gasteiger partial charge on any atom is 0.225 e. The van der Waals surface area contributed by atoms with Crippen molar-refractivity contribution < 1.29 is 0 Å². The summed E-state index contributed by atoms with van der Waals surface area (Å²) >= 11 is 1.87. The fourth-order valence-corrected chi connectivity index (χ4v) is 3.66. The minimum atomic E-state index is 0.725. The van der Waals surface area contributed by atoms with E-state index in [1.807, 2.05) is 17.5 Å². The Morgan fingerprint density at radius 3 is 3.14 bits per heavy atom. The molecule has 0 aromatic carbocycles. The molecule has 110 valence electrons. The molecule has 0 radical (unpaired) electrons. The van der Waals surface area contributed by atoms with Crippen molar-refractivity contribution >= 4 is 17.3 Å². The quantitative estimate of drug-likeness (QED) is 0.942. The van der Waals surface area contributed by atoms with Crippen molar-refractivity contribution in [2.45, 2.75) is 45.3 Å². The van der Waals surface area contributed by atoms with Gasteiger partial charge in [0.15, 0.2) is 0 Å². The van der Waals surface area contributed by atoms with E-state index in [0.717, 1.165) is 43.7 Å². The zero-order chi connectivity index (χ0) is 14.2. The van der Waals surface area contributed by atoms with Gasteiger partial charge in [0.25, 0.3) is 0 Å². The summed E-state index contributed by atoms with van der Waals surface area (Å²) in [7, 11) is 0. The lowest BCUT2D eigenvalue weighted by Gasteiger charge is -2.27. The van der Waals surface area contributed by atoms with Gasteiger partial charge >= 0.3 is 0 Å². The van der Waals surface area contributed by atoms with Gasteiger partial charge in [-0.3, -0.25) is 0 Å². The molecule has 3 heterocycles. The van der Waals surface area contributed by atoms with Crippen molar-refractivity contribution in [2.24, 2.45) is 0 Å². The van der Waals surface area contributed by atoms with Gasteiger partial charge in [0.05, 0.1) is 0 Å². The second-order valence-corrected chi connectivity index (χ2v) is 6.98. The molecule has 2 aromatic heterocycles. The fourth-order valence-electron chi connectivity index (χ4n) is 2.77. The predicted octanol–water partition coefficient (Wildman–Crippen LogP) is 2.66. The van der Waals surface area contributed by atoms with E-state index < -0.39 is 0 Å². The van der Waals surface area contributed by atoms with Gasteiger partial charge in [-0.1, -0.05) is 0 Å². The van der Waals surface area contributed by atoms with Crippen LogP contribution in [0.25, 0.3) is 0 Å². The summed E-state index contributed by atoms with van der Waals surface area (Å²) in [6.45, 7) is 4.95. The number of hydrogen-bond acceptors (Lipinski definition) is 5. The second kappa shape index (κ2) is 5.39. The Hall–Kier alpha value is -1.46. The van der Waals surface area contributed by atoms with Gasteiger partial charge < -0.3 is 10.2 Å². The standard InChI is InChI=1S/C16H20N4S/c1-11-13(8-17-14-2-3-14)9-18-16(19-11)20-6-4-15-12(10-20)5-7-21-15/h5,7,9,14,17H,2-4,6,8,10H2,1H3. The fraction of sp³-hybridized carbons (Fsp3) is 0.500. The van der Waals surface area contributed by atoms with Crippen LogP contribution in [0.2, 0.25) is 0 Å². The first-order valence-corrected chi connectivity index (χ1v) is 8.53. The molecule has 21 heavy (non-hydrogen) atoms. The largest absolute Gasteiger partial charge is 0.336 e. The number of hydrogen-bond donors (Lipinski definition) is 1. The van der Waals surface area contributed by atoms with E-state index in [1.54, 1.807) is 0 Å². The van der Waals surface area contributed by atoms with E-state index in [4.69, 9.17) is 4.98 Å². The van der Waals surface area contributed by atoms with Crippen LogP contribution in [-0.4, -0.2) is 22.6 Å². The first-order chi connectivity index (χ1) is 10.3. The lowest BCUT2D eigenvalue weighted by atomic mass is 10.1. The lowest BCUT2D eigenvalue weighted by molar-refractivity contribution is 0.673. The Bertz CT molecular complexity index is 647. The summed E-state index contributed by atoms with van der Waals surface area (Å²) in [4.78, 5) is 13.1. The highest BCUT2D eigenvalue weighted by atomic mass is 32.1. The second-order valence-electron chi connectivity index (χ2n) is 5.98. The Labute approximate surface area is 129 Å². The summed E-state index contributed by atoms with van der Waals surface area (Å²) in [5, 5.41) is 5.72. The SMILES string of the molecule is Cc1nc(N2CCc3sccc3C2)ncc1CNC1CC1. The highest BCUT2D eigenvalue weighted by Gasteiger charge is 2.22. The van der Waals surface area contributed by atoms with Crippen molar-refractivity contribution in [3.8, 4) is 0 Å². The van der Waals surface area contributed by atoms with Gasteiger partial charge in [0.1, 0.15) is 0 Å². The molecule has 4 nitrogen and oxygen atoms in total. The highest BCUT2D eigenvalue weighted by molar-refractivity contribution is 7.10. The van der Waals surface area contributed by atoms with Crippen molar-refractivity contribution in [3.63, 3.8) is 0 Å². The van der Waals surface area contributed by atoms with Crippen LogP contribution in [0, 0.1) is 6.92 Å². The average molecular weight is 300 g/mol. The maximum absolute atomic E-state index is 4.73. The molecule has 0 spiro atoms. The number of rotatable bonds is 4. The van der Waals surface area contributed by atoms with E-state index in [-0.39, 0.29) is 0 Å². The molecule has 0 saturated heterocycles. The van der Waals surface area contributed by atoms with Crippen molar-refractivity contribution in [1.82, 2.24) is 15.3 Å². The van der Waals surface area contributed by atoms with Gasteiger partial charge in [0.2, 0.25) is 5.95 Å². The minimum absolute atomic E-state index is 0.725. The topological polar surface area (TPSA) is 41.1 Å². The van der Waals surface area contributed by atoms with Gasteiger partial charge in [-0.2, -0.15) is 0 Å². The summed E-state index contributed by atoms with van der Waals surface area (Å²) < 4.78 is 0. The molecule has 1 aliphatic carbocycles. The number of aryl methyl sites for hydroxylation is 1. The number of anilines is 1. The minimum Gasteiger partial charge on any atom is -0.336 e. The molecule has 2 aromatic rings. The molecule has 0 atom stereocenters. The molecule has 1 N–H and O–H groups in total. The average Bonchev–Trinajstić information content (AvgIpc) is 3.21. The van der Waals surface area contributed by atoms with Crippen LogP contribution < -0.4 is 10.2 Å². The normalized spacial score (nSPS) is 17.9. The van der Waals surface area contributed by atoms with E-state index in [1.165, 1.54) is 28.8 Å². The first-order valence-electron chi connectivity index (χ1n) is 7.65. The van der Waals surface area contributed by atoms with Crippen LogP contribution in [-0.2, 0) is 19.5 Å². The highest BCUT2D eigenvalue weighted by Crippen LogP contribution is 2.26. The number of aromatic nitrogens is 2. The third-order valence-corrected chi connectivity index (χ3v) is 5.34. The Morgan fingerprint density at radius 2 is 2.33 bits per heavy atom. The van der Waals surface area contributed by atoms with Crippen LogP contribution >= 0.6 is 11.3 Å². The summed E-state index contributed by atoms with van der Waals surface area (Å²) in [5.41, 5.74) is 3.76. The van der Waals surface area contributed by atoms with Crippen LogP contribution in [0.5, 0.6) is 0 Å². The van der Waals surface area contributed by atoms with Gasteiger partial charge in [0, 0.05) is 48.0 Å². The zero-order valence-electron chi connectivity index (χ0n) is 12.3. The Kier molecular flexibility index (Phi) is 3.39. The van der Waals surface area contributed by atoms with Crippen LogP contribution in [0.15, 0.2) is 17.6 Å². The summed E-state index contributed by atoms with van der Waals surface area (Å²) in [6, 6.07) is 2.95. The molecule has 1 fully saturated rings. The zero-order valence-corrected chi connectivity index (χ0v) is 13.1. The Balaban J connectivity index is 1.49. The molecule has 2 aliphatic rings. The van der Waals surface area contributed by atoms with Gasteiger partial charge in [-0.25, -0.2) is 9.97 Å².